The SMILES string of the molecule is COC(C)CC(N)Cc1cccnc1N. The summed E-state index contributed by atoms with van der Waals surface area (Å²) in [5.41, 5.74) is 12.7. The number of nitrogens with zero attached hydrogens (tertiary/aromatic N) is 1. The second-order valence-electron chi connectivity index (χ2n) is 3.79. The van der Waals surface area contributed by atoms with Crippen LogP contribution < -0.4 is 11.5 Å². The van der Waals surface area contributed by atoms with E-state index >= 15 is 0 Å². The van der Waals surface area contributed by atoms with Crippen molar-refractivity contribution in [2.45, 2.75) is 31.9 Å². The van der Waals surface area contributed by atoms with Crippen molar-refractivity contribution >= 4 is 5.82 Å². The Hall–Kier alpha value is -1.13. The number of methoxy groups -OCH3 is 1. The Kier molecular flexibility index (Phi) is 4.52. The molecular weight excluding hydrogens is 190 g/mol. The van der Waals surface area contributed by atoms with Crippen LogP contribution in [0.15, 0.2) is 18.3 Å². The van der Waals surface area contributed by atoms with Crippen molar-refractivity contribution in [3.05, 3.63) is 23.9 Å². The molecule has 4 nitrogen and oxygen atoms in total. The van der Waals surface area contributed by atoms with Crippen molar-refractivity contribution in [1.82, 2.24) is 4.98 Å². The summed E-state index contributed by atoms with van der Waals surface area (Å²) in [6.45, 7) is 2.01. The molecular formula is C11H19N3O. The lowest BCUT2D eigenvalue weighted by Gasteiger charge is -2.16. The first-order chi connectivity index (χ1) is 7.13. The molecule has 1 rings (SSSR count). The van der Waals surface area contributed by atoms with Gasteiger partial charge in [-0.1, -0.05) is 6.07 Å². The van der Waals surface area contributed by atoms with Gasteiger partial charge in [0.15, 0.2) is 0 Å². The van der Waals surface area contributed by atoms with Crippen LogP contribution in [0.1, 0.15) is 18.9 Å². The highest BCUT2D eigenvalue weighted by molar-refractivity contribution is 5.38. The third-order valence-corrected chi connectivity index (χ3v) is 2.45. The quantitative estimate of drug-likeness (QED) is 0.757. The highest BCUT2D eigenvalue weighted by Crippen LogP contribution is 2.11. The molecule has 0 aliphatic heterocycles. The molecule has 0 aliphatic rings. The zero-order valence-electron chi connectivity index (χ0n) is 9.31. The van der Waals surface area contributed by atoms with Gasteiger partial charge >= 0.3 is 0 Å². The standard InChI is InChI=1S/C11H19N3O/c1-8(15-2)6-10(12)7-9-4-3-5-14-11(9)13/h3-5,8,10H,6-7,12H2,1-2H3,(H2,13,14). The molecule has 1 heterocycles. The maximum Gasteiger partial charge on any atom is 0.126 e. The van der Waals surface area contributed by atoms with Crippen LogP contribution in [0, 0.1) is 0 Å². The van der Waals surface area contributed by atoms with Gasteiger partial charge < -0.3 is 16.2 Å². The predicted molar refractivity (Wildman–Crippen MR) is 61.4 cm³/mol. The lowest BCUT2D eigenvalue weighted by molar-refractivity contribution is 0.104. The van der Waals surface area contributed by atoms with Gasteiger partial charge in [0.25, 0.3) is 0 Å². The van der Waals surface area contributed by atoms with E-state index in [0.29, 0.717) is 5.82 Å². The highest BCUT2D eigenvalue weighted by Gasteiger charge is 2.10. The fourth-order valence-electron chi connectivity index (χ4n) is 1.51. The van der Waals surface area contributed by atoms with E-state index in [-0.39, 0.29) is 12.1 Å². The third-order valence-electron chi connectivity index (χ3n) is 2.45. The van der Waals surface area contributed by atoms with Gasteiger partial charge in [-0.15, -0.1) is 0 Å². The van der Waals surface area contributed by atoms with Crippen LogP contribution in [-0.4, -0.2) is 24.2 Å². The summed E-state index contributed by atoms with van der Waals surface area (Å²) in [5.74, 6) is 0.568. The molecule has 0 bridgehead atoms. The summed E-state index contributed by atoms with van der Waals surface area (Å²) in [4.78, 5) is 4.02. The Balaban J connectivity index is 2.51. The third kappa shape index (κ3) is 3.85. The predicted octanol–water partition coefficient (Wildman–Crippen LogP) is 0.959. The number of rotatable bonds is 5. The number of pyridine rings is 1. The van der Waals surface area contributed by atoms with E-state index in [0.717, 1.165) is 18.4 Å². The molecule has 0 saturated carbocycles. The van der Waals surface area contributed by atoms with Crippen molar-refractivity contribution in [2.75, 3.05) is 12.8 Å². The number of aromatic nitrogens is 1. The lowest BCUT2D eigenvalue weighted by atomic mass is 10.0. The van der Waals surface area contributed by atoms with Gasteiger partial charge in [-0.05, 0) is 31.4 Å². The van der Waals surface area contributed by atoms with Gasteiger partial charge in [-0.3, -0.25) is 0 Å². The average molecular weight is 209 g/mol. The Morgan fingerprint density at radius 2 is 2.27 bits per heavy atom. The summed E-state index contributed by atoms with van der Waals surface area (Å²) in [5, 5.41) is 0. The number of ether oxygens (including phenoxy) is 1. The largest absolute Gasteiger partial charge is 0.383 e. The van der Waals surface area contributed by atoms with Gasteiger partial charge in [0.2, 0.25) is 0 Å². The summed E-state index contributed by atoms with van der Waals surface area (Å²) in [6, 6.07) is 3.89. The molecule has 4 heteroatoms. The van der Waals surface area contributed by atoms with Crippen molar-refractivity contribution in [1.29, 1.82) is 0 Å². The first kappa shape index (κ1) is 11.9. The number of hydrogen-bond donors (Lipinski definition) is 2. The minimum atomic E-state index is 0.0615. The van der Waals surface area contributed by atoms with Gasteiger partial charge in [-0.25, -0.2) is 4.98 Å². The van der Waals surface area contributed by atoms with Crippen LogP contribution >= 0.6 is 0 Å². The Bertz CT molecular complexity index is 304. The van der Waals surface area contributed by atoms with E-state index in [9.17, 15) is 0 Å². The van der Waals surface area contributed by atoms with E-state index < -0.39 is 0 Å². The first-order valence-corrected chi connectivity index (χ1v) is 5.11. The molecule has 0 aliphatic carbocycles. The molecule has 0 spiro atoms. The van der Waals surface area contributed by atoms with Gasteiger partial charge in [0, 0.05) is 19.3 Å². The smallest absolute Gasteiger partial charge is 0.126 e. The second kappa shape index (κ2) is 5.68. The summed E-state index contributed by atoms with van der Waals surface area (Å²) >= 11 is 0. The topological polar surface area (TPSA) is 74.2 Å². The van der Waals surface area contributed by atoms with Crippen molar-refractivity contribution in [2.24, 2.45) is 5.73 Å². The van der Waals surface area contributed by atoms with Crippen LogP contribution in [-0.2, 0) is 11.2 Å². The maximum atomic E-state index is 5.99. The maximum absolute atomic E-state index is 5.99. The van der Waals surface area contributed by atoms with E-state index in [4.69, 9.17) is 16.2 Å². The van der Waals surface area contributed by atoms with Crippen LogP contribution in [0.5, 0.6) is 0 Å². The molecule has 1 aromatic rings. The Morgan fingerprint density at radius 1 is 1.53 bits per heavy atom. The van der Waals surface area contributed by atoms with Crippen molar-refractivity contribution in [3.63, 3.8) is 0 Å². The zero-order valence-corrected chi connectivity index (χ0v) is 9.31. The molecule has 2 atom stereocenters. The van der Waals surface area contributed by atoms with E-state index in [1.165, 1.54) is 0 Å². The molecule has 0 saturated heterocycles. The molecule has 0 radical (unpaired) electrons. The fourth-order valence-corrected chi connectivity index (χ4v) is 1.51. The lowest BCUT2D eigenvalue weighted by Crippen LogP contribution is -2.28. The first-order valence-electron chi connectivity index (χ1n) is 5.11. The number of hydrogen-bond acceptors (Lipinski definition) is 4. The van der Waals surface area contributed by atoms with Crippen LogP contribution in [0.3, 0.4) is 0 Å². The monoisotopic (exact) mass is 209 g/mol. The molecule has 0 fully saturated rings. The molecule has 0 amide bonds. The van der Waals surface area contributed by atoms with Crippen LogP contribution in [0.25, 0.3) is 0 Å². The normalized spacial score (nSPS) is 14.9. The molecule has 15 heavy (non-hydrogen) atoms. The Morgan fingerprint density at radius 3 is 2.87 bits per heavy atom. The van der Waals surface area contributed by atoms with Gasteiger partial charge in [0.1, 0.15) is 5.82 Å². The number of anilines is 1. The summed E-state index contributed by atoms with van der Waals surface area (Å²) < 4.78 is 5.16. The van der Waals surface area contributed by atoms with Crippen LogP contribution in [0.4, 0.5) is 5.82 Å². The summed E-state index contributed by atoms with van der Waals surface area (Å²) in [7, 11) is 1.69. The second-order valence-corrected chi connectivity index (χ2v) is 3.79. The fraction of sp³-hybridized carbons (Fsp3) is 0.545. The number of nitrogen functional groups attached to an aromatic ring is 1. The van der Waals surface area contributed by atoms with E-state index in [2.05, 4.69) is 4.98 Å². The zero-order chi connectivity index (χ0) is 11.3. The molecule has 2 unspecified atom stereocenters. The number of nitrogens with two attached hydrogens (primary N) is 2. The summed E-state index contributed by atoms with van der Waals surface area (Å²) in [6.07, 6.45) is 3.43. The van der Waals surface area contributed by atoms with E-state index in [1.54, 1.807) is 13.3 Å². The Labute approximate surface area is 90.6 Å². The molecule has 84 valence electrons. The highest BCUT2D eigenvalue weighted by atomic mass is 16.5. The minimum Gasteiger partial charge on any atom is -0.383 e. The minimum absolute atomic E-state index is 0.0615. The van der Waals surface area contributed by atoms with Crippen molar-refractivity contribution < 1.29 is 4.74 Å². The average Bonchev–Trinajstić information content (AvgIpc) is 2.21. The van der Waals surface area contributed by atoms with E-state index in [1.807, 2.05) is 19.1 Å². The molecule has 4 N–H and O–H groups in total. The van der Waals surface area contributed by atoms with Crippen LogP contribution in [0.2, 0.25) is 0 Å². The molecule has 0 aromatic carbocycles. The molecule has 1 aromatic heterocycles. The van der Waals surface area contributed by atoms with Gasteiger partial charge in [0.05, 0.1) is 6.10 Å². The van der Waals surface area contributed by atoms with Gasteiger partial charge in [-0.2, -0.15) is 0 Å². The van der Waals surface area contributed by atoms with Crippen molar-refractivity contribution in [3.8, 4) is 0 Å².